The zero-order valence-electron chi connectivity index (χ0n) is 7.32. The van der Waals surface area contributed by atoms with Crippen LogP contribution in [0.1, 0.15) is 13.3 Å². The molecule has 0 aromatic heterocycles. The molecule has 0 unspecified atom stereocenters. The second-order valence-electron chi connectivity index (χ2n) is 2.92. The first-order valence-corrected chi connectivity index (χ1v) is 4.27. The number of hydrogen-bond donors (Lipinski definition) is 1. The first kappa shape index (κ1) is 9.48. The Labute approximate surface area is 72.1 Å². The van der Waals surface area contributed by atoms with Gasteiger partial charge in [-0.2, -0.15) is 0 Å². The van der Waals surface area contributed by atoms with Crippen molar-refractivity contribution in [2.24, 2.45) is 0 Å². The summed E-state index contributed by atoms with van der Waals surface area (Å²) >= 11 is 0. The molecule has 0 bridgehead atoms. The van der Waals surface area contributed by atoms with Crippen LogP contribution in [0.3, 0.4) is 0 Å². The van der Waals surface area contributed by atoms with Crippen LogP contribution in [0.2, 0.25) is 0 Å². The molecule has 0 aliphatic carbocycles. The van der Waals surface area contributed by atoms with Gasteiger partial charge in [-0.15, -0.1) is 0 Å². The van der Waals surface area contributed by atoms with Gasteiger partial charge < -0.3 is 14.7 Å². The molecule has 1 N–H and O–H groups in total. The predicted molar refractivity (Wildman–Crippen MR) is 43.7 cm³/mol. The molecule has 0 aromatic rings. The molecule has 1 amide bonds. The molecule has 1 fully saturated rings. The second-order valence-corrected chi connectivity index (χ2v) is 2.92. The van der Waals surface area contributed by atoms with Crippen LogP contribution in [0.5, 0.6) is 0 Å². The Bertz CT molecular complexity index is 160. The van der Waals surface area contributed by atoms with E-state index in [1.54, 1.807) is 4.90 Å². The highest BCUT2D eigenvalue weighted by Crippen LogP contribution is 2.08. The van der Waals surface area contributed by atoms with E-state index in [1.807, 2.05) is 6.92 Å². The van der Waals surface area contributed by atoms with E-state index in [-0.39, 0.29) is 18.6 Å². The zero-order valence-corrected chi connectivity index (χ0v) is 7.32. The van der Waals surface area contributed by atoms with Crippen LogP contribution in [-0.2, 0) is 9.53 Å². The summed E-state index contributed by atoms with van der Waals surface area (Å²) in [7, 11) is 0. The van der Waals surface area contributed by atoms with Gasteiger partial charge in [-0.25, -0.2) is 0 Å². The molecule has 12 heavy (non-hydrogen) atoms. The van der Waals surface area contributed by atoms with E-state index < -0.39 is 0 Å². The molecule has 1 heterocycles. The summed E-state index contributed by atoms with van der Waals surface area (Å²) in [5, 5.41) is 9.14. The highest BCUT2D eigenvalue weighted by atomic mass is 16.5. The number of hydrogen-bond acceptors (Lipinski definition) is 3. The molecular weight excluding hydrogens is 158 g/mol. The third kappa shape index (κ3) is 2.46. The second kappa shape index (κ2) is 4.42. The number of amides is 1. The van der Waals surface area contributed by atoms with E-state index in [1.165, 1.54) is 0 Å². The molecule has 4 nitrogen and oxygen atoms in total. The Morgan fingerprint density at radius 2 is 2.50 bits per heavy atom. The van der Waals surface area contributed by atoms with Crippen LogP contribution in [0.15, 0.2) is 0 Å². The average Bonchev–Trinajstić information content (AvgIpc) is 2.47. The van der Waals surface area contributed by atoms with E-state index in [0.29, 0.717) is 26.1 Å². The maximum absolute atomic E-state index is 11.2. The Morgan fingerprint density at radius 1 is 1.75 bits per heavy atom. The van der Waals surface area contributed by atoms with E-state index in [0.717, 1.165) is 0 Å². The van der Waals surface area contributed by atoms with E-state index >= 15 is 0 Å². The Hall–Kier alpha value is -0.610. The fourth-order valence-electron chi connectivity index (χ4n) is 1.25. The largest absolute Gasteiger partial charge is 0.391 e. The van der Waals surface area contributed by atoms with Crippen molar-refractivity contribution in [3.8, 4) is 0 Å². The summed E-state index contributed by atoms with van der Waals surface area (Å²) < 4.78 is 4.97. The minimum absolute atomic E-state index is 0.0200. The lowest BCUT2D eigenvalue weighted by molar-refractivity contribution is -0.135. The van der Waals surface area contributed by atoms with Crippen LogP contribution in [0.4, 0.5) is 0 Å². The van der Waals surface area contributed by atoms with Crippen LogP contribution in [0, 0.1) is 0 Å². The summed E-state index contributed by atoms with van der Waals surface area (Å²) in [4.78, 5) is 12.9. The van der Waals surface area contributed by atoms with Gasteiger partial charge in [0.05, 0.1) is 6.10 Å². The molecule has 1 aliphatic heterocycles. The van der Waals surface area contributed by atoms with Gasteiger partial charge in [-0.05, 0) is 13.3 Å². The third-order valence-corrected chi connectivity index (χ3v) is 1.95. The maximum atomic E-state index is 11.2. The van der Waals surface area contributed by atoms with Gasteiger partial charge in [-0.3, -0.25) is 4.79 Å². The first-order valence-electron chi connectivity index (χ1n) is 4.27. The summed E-state index contributed by atoms with van der Waals surface area (Å²) in [6, 6.07) is 0. The van der Waals surface area contributed by atoms with Gasteiger partial charge in [0, 0.05) is 19.7 Å². The molecule has 70 valence electrons. The van der Waals surface area contributed by atoms with Crippen molar-refractivity contribution in [3.05, 3.63) is 0 Å². The van der Waals surface area contributed by atoms with Gasteiger partial charge in [0.15, 0.2) is 0 Å². The molecule has 0 spiro atoms. The fraction of sp³-hybridized carbons (Fsp3) is 0.875. The zero-order chi connectivity index (χ0) is 8.97. The SMILES string of the molecule is CCOCC(=O)N1CC[C@@H](O)C1. The third-order valence-electron chi connectivity index (χ3n) is 1.95. The predicted octanol–water partition coefficient (Wildman–Crippen LogP) is -0.384. The van der Waals surface area contributed by atoms with Crippen molar-refractivity contribution < 1.29 is 14.6 Å². The van der Waals surface area contributed by atoms with Gasteiger partial charge in [0.25, 0.3) is 0 Å². The Morgan fingerprint density at radius 3 is 3.00 bits per heavy atom. The number of rotatable bonds is 3. The Kier molecular flexibility index (Phi) is 3.49. The summed E-state index contributed by atoms with van der Waals surface area (Å²) in [5.41, 5.74) is 0. The minimum Gasteiger partial charge on any atom is -0.391 e. The van der Waals surface area contributed by atoms with E-state index in [9.17, 15) is 4.79 Å². The summed E-state index contributed by atoms with van der Waals surface area (Å²) in [6.45, 7) is 3.68. The summed E-state index contributed by atoms with van der Waals surface area (Å²) in [5.74, 6) is -0.0200. The molecule has 0 aromatic carbocycles. The van der Waals surface area contributed by atoms with Crippen LogP contribution >= 0.6 is 0 Å². The summed E-state index contributed by atoms with van der Waals surface area (Å²) in [6.07, 6.45) is 0.355. The minimum atomic E-state index is -0.337. The number of carbonyl (C=O) groups excluding carboxylic acids is 1. The number of aliphatic hydroxyl groups excluding tert-OH is 1. The van der Waals surface area contributed by atoms with Crippen molar-refractivity contribution in [2.75, 3.05) is 26.3 Å². The molecule has 0 saturated carbocycles. The number of nitrogens with zero attached hydrogens (tertiary/aromatic N) is 1. The number of carbonyl (C=O) groups is 1. The van der Waals surface area contributed by atoms with Crippen molar-refractivity contribution in [3.63, 3.8) is 0 Å². The molecule has 1 rings (SSSR count). The van der Waals surface area contributed by atoms with Gasteiger partial charge >= 0.3 is 0 Å². The molecule has 1 aliphatic rings. The van der Waals surface area contributed by atoms with Crippen molar-refractivity contribution in [1.29, 1.82) is 0 Å². The van der Waals surface area contributed by atoms with Crippen molar-refractivity contribution in [1.82, 2.24) is 4.90 Å². The number of likely N-dealkylation sites (tertiary alicyclic amines) is 1. The fourth-order valence-corrected chi connectivity index (χ4v) is 1.25. The monoisotopic (exact) mass is 173 g/mol. The lowest BCUT2D eigenvalue weighted by Crippen LogP contribution is -2.32. The first-order chi connectivity index (χ1) is 5.74. The smallest absolute Gasteiger partial charge is 0.248 e. The standard InChI is InChI=1S/C8H15NO3/c1-2-12-6-8(11)9-4-3-7(10)5-9/h7,10H,2-6H2,1H3/t7-/m1/s1. The van der Waals surface area contributed by atoms with Crippen molar-refractivity contribution in [2.45, 2.75) is 19.4 Å². The molecule has 1 saturated heterocycles. The number of β-amino-alcohol motifs (C(OH)–C–C–N with tert-alkyl or cyclic N) is 1. The highest BCUT2D eigenvalue weighted by molar-refractivity contribution is 5.77. The van der Waals surface area contributed by atoms with Crippen LogP contribution < -0.4 is 0 Å². The van der Waals surface area contributed by atoms with E-state index in [4.69, 9.17) is 9.84 Å². The van der Waals surface area contributed by atoms with Crippen LogP contribution in [0.25, 0.3) is 0 Å². The lowest BCUT2D eigenvalue weighted by atomic mass is 10.3. The van der Waals surface area contributed by atoms with Gasteiger partial charge in [-0.1, -0.05) is 0 Å². The number of ether oxygens (including phenoxy) is 1. The van der Waals surface area contributed by atoms with Crippen LogP contribution in [-0.4, -0.2) is 48.3 Å². The molecule has 0 radical (unpaired) electrons. The highest BCUT2D eigenvalue weighted by Gasteiger charge is 2.23. The van der Waals surface area contributed by atoms with Gasteiger partial charge in [0.2, 0.25) is 5.91 Å². The average molecular weight is 173 g/mol. The number of aliphatic hydroxyl groups is 1. The Balaban J connectivity index is 2.23. The van der Waals surface area contributed by atoms with Crippen molar-refractivity contribution >= 4 is 5.91 Å². The molecule has 4 heteroatoms. The molecule has 1 atom stereocenters. The maximum Gasteiger partial charge on any atom is 0.248 e. The lowest BCUT2D eigenvalue weighted by Gasteiger charge is -2.14. The molecular formula is C8H15NO3. The quantitative estimate of drug-likeness (QED) is 0.632. The van der Waals surface area contributed by atoms with E-state index in [2.05, 4.69) is 0 Å². The topological polar surface area (TPSA) is 49.8 Å². The van der Waals surface area contributed by atoms with Gasteiger partial charge in [0.1, 0.15) is 6.61 Å². The normalized spacial score (nSPS) is 23.2.